The topological polar surface area (TPSA) is 9.23 Å². The summed E-state index contributed by atoms with van der Waals surface area (Å²) in [7, 11) is 1.72. The van der Waals surface area contributed by atoms with Crippen LogP contribution in [-0.4, -0.2) is 7.11 Å². The second-order valence-electron chi connectivity index (χ2n) is 3.22. The van der Waals surface area contributed by atoms with E-state index < -0.39 is 0 Å². The lowest BCUT2D eigenvalue weighted by molar-refractivity contribution is 0.105. The molecule has 0 amide bonds. The van der Waals surface area contributed by atoms with Crippen molar-refractivity contribution in [1.82, 2.24) is 0 Å². The fourth-order valence-corrected chi connectivity index (χ4v) is 2.45. The smallest absolute Gasteiger partial charge is 0.0828 e. The molecule has 0 aromatic heterocycles. The molecule has 1 aliphatic rings. The van der Waals surface area contributed by atoms with Gasteiger partial charge in [0.05, 0.1) is 6.10 Å². The molecule has 1 atom stereocenters. The number of methoxy groups -OCH3 is 1. The molecule has 0 heterocycles. The average molecular weight is 217 g/mol. The van der Waals surface area contributed by atoms with Gasteiger partial charge in [0, 0.05) is 17.2 Å². The molecule has 2 rings (SSSR count). The van der Waals surface area contributed by atoms with Gasteiger partial charge in [-0.3, -0.25) is 0 Å². The van der Waals surface area contributed by atoms with Gasteiger partial charge in [0.1, 0.15) is 0 Å². The van der Waals surface area contributed by atoms with Crippen molar-refractivity contribution in [3.63, 3.8) is 0 Å². The molecule has 1 aromatic rings. The van der Waals surface area contributed by atoms with Crippen molar-refractivity contribution < 1.29 is 4.74 Å². The molecule has 1 nitrogen and oxygen atoms in total. The highest BCUT2D eigenvalue weighted by Crippen LogP contribution is 2.39. The minimum Gasteiger partial charge on any atom is -0.377 e. The van der Waals surface area contributed by atoms with E-state index >= 15 is 0 Å². The molecular formula is C10H10Cl2O. The first-order chi connectivity index (χ1) is 6.22. The van der Waals surface area contributed by atoms with Crippen molar-refractivity contribution in [2.75, 3.05) is 7.11 Å². The number of benzene rings is 1. The zero-order valence-corrected chi connectivity index (χ0v) is 8.82. The van der Waals surface area contributed by atoms with Crippen LogP contribution < -0.4 is 0 Å². The number of hydrogen-bond donors (Lipinski definition) is 0. The van der Waals surface area contributed by atoms with Crippen molar-refractivity contribution >= 4 is 23.2 Å². The third-order valence-electron chi connectivity index (χ3n) is 2.48. The molecule has 0 N–H and O–H groups in total. The van der Waals surface area contributed by atoms with E-state index in [9.17, 15) is 0 Å². The van der Waals surface area contributed by atoms with Crippen LogP contribution in [0.25, 0.3) is 0 Å². The van der Waals surface area contributed by atoms with Gasteiger partial charge < -0.3 is 4.74 Å². The molecule has 3 heteroatoms. The first kappa shape index (κ1) is 9.32. The quantitative estimate of drug-likeness (QED) is 0.697. The molecule has 1 aromatic carbocycles. The van der Waals surface area contributed by atoms with Crippen molar-refractivity contribution in [3.05, 3.63) is 33.3 Å². The van der Waals surface area contributed by atoms with Gasteiger partial charge in [-0.2, -0.15) is 0 Å². The van der Waals surface area contributed by atoms with Crippen molar-refractivity contribution in [2.24, 2.45) is 0 Å². The first-order valence-corrected chi connectivity index (χ1v) is 4.98. The minimum atomic E-state index is 0.172. The number of rotatable bonds is 1. The van der Waals surface area contributed by atoms with E-state index in [-0.39, 0.29) is 6.10 Å². The fraction of sp³-hybridized carbons (Fsp3) is 0.400. The Kier molecular flexibility index (Phi) is 2.50. The van der Waals surface area contributed by atoms with Crippen LogP contribution in [0.1, 0.15) is 23.7 Å². The van der Waals surface area contributed by atoms with E-state index in [0.29, 0.717) is 5.02 Å². The van der Waals surface area contributed by atoms with Gasteiger partial charge in [-0.25, -0.2) is 0 Å². The van der Waals surface area contributed by atoms with E-state index in [1.54, 1.807) is 13.2 Å². The number of halogens is 2. The third kappa shape index (κ3) is 1.56. The Morgan fingerprint density at radius 1 is 1.38 bits per heavy atom. The van der Waals surface area contributed by atoms with E-state index in [2.05, 4.69) is 0 Å². The summed E-state index contributed by atoms with van der Waals surface area (Å²) in [4.78, 5) is 0. The Morgan fingerprint density at radius 2 is 2.15 bits per heavy atom. The second kappa shape index (κ2) is 3.49. The molecule has 1 aliphatic carbocycles. The van der Waals surface area contributed by atoms with Gasteiger partial charge in [-0.15, -0.1) is 0 Å². The van der Waals surface area contributed by atoms with Gasteiger partial charge >= 0.3 is 0 Å². The summed E-state index contributed by atoms with van der Waals surface area (Å²) in [6.45, 7) is 0. The molecule has 0 radical (unpaired) electrons. The fourth-order valence-electron chi connectivity index (χ4n) is 1.85. The normalized spacial score (nSPS) is 20.4. The maximum absolute atomic E-state index is 6.06. The van der Waals surface area contributed by atoms with Gasteiger partial charge in [-0.05, 0) is 36.1 Å². The van der Waals surface area contributed by atoms with Gasteiger partial charge in [0.2, 0.25) is 0 Å². The molecule has 13 heavy (non-hydrogen) atoms. The highest BCUT2D eigenvalue weighted by molar-refractivity contribution is 6.35. The van der Waals surface area contributed by atoms with Crippen molar-refractivity contribution in [2.45, 2.75) is 18.9 Å². The Bertz CT molecular complexity index is 336. The van der Waals surface area contributed by atoms with Gasteiger partial charge in [0.25, 0.3) is 0 Å². The second-order valence-corrected chi connectivity index (χ2v) is 4.06. The predicted octanol–water partition coefficient (Wildman–Crippen LogP) is 3.63. The van der Waals surface area contributed by atoms with E-state index in [4.69, 9.17) is 27.9 Å². The van der Waals surface area contributed by atoms with Crippen LogP contribution >= 0.6 is 23.2 Å². The van der Waals surface area contributed by atoms with Crippen LogP contribution in [0.5, 0.6) is 0 Å². The summed E-state index contributed by atoms with van der Waals surface area (Å²) in [6, 6.07) is 3.74. The molecule has 0 spiro atoms. The summed E-state index contributed by atoms with van der Waals surface area (Å²) in [5.41, 5.74) is 2.35. The zero-order chi connectivity index (χ0) is 9.42. The van der Waals surface area contributed by atoms with Crippen LogP contribution in [0.4, 0.5) is 0 Å². The lowest BCUT2D eigenvalue weighted by Gasteiger charge is -2.09. The van der Waals surface area contributed by atoms with Crippen LogP contribution in [-0.2, 0) is 11.2 Å². The zero-order valence-electron chi connectivity index (χ0n) is 7.31. The van der Waals surface area contributed by atoms with Crippen molar-refractivity contribution in [1.29, 1.82) is 0 Å². The largest absolute Gasteiger partial charge is 0.377 e. The van der Waals surface area contributed by atoms with Crippen LogP contribution in [0, 0.1) is 0 Å². The standard InChI is InChI=1S/C10H10Cl2O/c1-13-10-3-2-7-8(10)4-6(11)5-9(7)12/h4-5,10H,2-3H2,1H3. The first-order valence-electron chi connectivity index (χ1n) is 4.23. The average Bonchev–Trinajstić information content (AvgIpc) is 2.47. The number of fused-ring (bicyclic) bond motifs is 1. The maximum Gasteiger partial charge on any atom is 0.0828 e. The molecule has 70 valence electrons. The van der Waals surface area contributed by atoms with Gasteiger partial charge in [-0.1, -0.05) is 23.2 Å². The summed E-state index contributed by atoms with van der Waals surface area (Å²) in [5, 5.41) is 1.45. The van der Waals surface area contributed by atoms with Crippen LogP contribution in [0.2, 0.25) is 10.0 Å². The summed E-state index contributed by atoms with van der Waals surface area (Å²) < 4.78 is 5.33. The van der Waals surface area contributed by atoms with E-state index in [1.165, 1.54) is 5.56 Å². The SMILES string of the molecule is COC1CCc2c(Cl)cc(Cl)cc21. The van der Waals surface area contributed by atoms with E-state index in [0.717, 1.165) is 23.4 Å². The summed E-state index contributed by atoms with van der Waals surface area (Å²) in [6.07, 6.45) is 2.17. The lowest BCUT2D eigenvalue weighted by Crippen LogP contribution is -1.95. The monoisotopic (exact) mass is 216 g/mol. The number of hydrogen-bond acceptors (Lipinski definition) is 1. The molecular weight excluding hydrogens is 207 g/mol. The highest BCUT2D eigenvalue weighted by Gasteiger charge is 2.24. The van der Waals surface area contributed by atoms with Crippen LogP contribution in [0.3, 0.4) is 0 Å². The molecule has 0 saturated carbocycles. The molecule has 0 fully saturated rings. The van der Waals surface area contributed by atoms with E-state index in [1.807, 2.05) is 6.07 Å². The van der Waals surface area contributed by atoms with Crippen molar-refractivity contribution in [3.8, 4) is 0 Å². The van der Waals surface area contributed by atoms with Crippen LogP contribution in [0.15, 0.2) is 12.1 Å². The predicted molar refractivity (Wildman–Crippen MR) is 54.5 cm³/mol. The van der Waals surface area contributed by atoms with Gasteiger partial charge in [0.15, 0.2) is 0 Å². The molecule has 1 unspecified atom stereocenters. The molecule has 0 aliphatic heterocycles. The number of ether oxygens (including phenoxy) is 1. The minimum absolute atomic E-state index is 0.172. The molecule has 0 bridgehead atoms. The highest BCUT2D eigenvalue weighted by atomic mass is 35.5. The Labute approximate surface area is 87.6 Å². The maximum atomic E-state index is 6.06. The Hall–Kier alpha value is -0.240. The lowest BCUT2D eigenvalue weighted by atomic mass is 10.1. The Balaban J connectivity index is 2.51. The summed E-state index contributed by atoms with van der Waals surface area (Å²) >= 11 is 12.0. The Morgan fingerprint density at radius 3 is 2.85 bits per heavy atom. The molecule has 0 saturated heterocycles. The third-order valence-corrected chi connectivity index (χ3v) is 3.04. The summed E-state index contributed by atoms with van der Waals surface area (Å²) in [5.74, 6) is 0.